The van der Waals surface area contributed by atoms with E-state index < -0.39 is 27.5 Å². The van der Waals surface area contributed by atoms with Crippen LogP contribution in [0.25, 0.3) is 22.0 Å². The van der Waals surface area contributed by atoms with Gasteiger partial charge in [0, 0.05) is 48.9 Å². The van der Waals surface area contributed by atoms with Gasteiger partial charge in [-0.15, -0.1) is 0 Å². The fourth-order valence-electron chi connectivity index (χ4n) is 6.03. The Labute approximate surface area is 285 Å². The molecule has 49 heavy (non-hydrogen) atoms. The van der Waals surface area contributed by atoms with Crippen LogP contribution in [0.15, 0.2) is 54.9 Å². The van der Waals surface area contributed by atoms with Gasteiger partial charge in [0.2, 0.25) is 21.9 Å². The zero-order chi connectivity index (χ0) is 34.8. The summed E-state index contributed by atoms with van der Waals surface area (Å²) in [5.41, 5.74) is 1.14. The van der Waals surface area contributed by atoms with E-state index in [-0.39, 0.29) is 29.5 Å². The molecule has 1 amide bonds. The number of carbonyl (C=O) groups excluding carboxylic acids is 1. The van der Waals surface area contributed by atoms with E-state index in [9.17, 15) is 13.2 Å². The van der Waals surface area contributed by atoms with Crippen LogP contribution in [0.2, 0.25) is 0 Å². The van der Waals surface area contributed by atoms with Crippen LogP contribution >= 0.6 is 0 Å². The van der Waals surface area contributed by atoms with Gasteiger partial charge in [-0.05, 0) is 89.3 Å². The summed E-state index contributed by atoms with van der Waals surface area (Å²) in [5, 5.41) is 4.21. The molecule has 0 saturated carbocycles. The number of benzene rings is 2. The monoisotopic (exact) mass is 692 g/mol. The number of piperidine rings is 1. The molecule has 2 aromatic carbocycles. The molecule has 6 rings (SSSR count). The Balaban J connectivity index is 1.25. The molecule has 2 saturated heterocycles. The standard InChI is InChI=1S/C35H41FN6O6S/c1-22-11-12-25-26(13-14-28(36)30(25)41-49(44,45)21-24-9-7-19-46-24)31(22)47-32-27(10-5-16-37-32)29-15-17-38-33(40-29)39-23-8-6-18-42(20-23)34(43)48-35(2,3)4/h5,10-17,23-24,41H,6-9,18-21H2,1-4H3,(H,38,39,40)/t23?,24-/m1/s1. The van der Waals surface area contributed by atoms with E-state index in [0.717, 1.165) is 24.8 Å². The maximum Gasteiger partial charge on any atom is 0.410 e. The molecule has 2 aromatic heterocycles. The first-order valence-corrected chi connectivity index (χ1v) is 18.0. The highest BCUT2D eigenvalue weighted by Crippen LogP contribution is 2.40. The second kappa shape index (κ2) is 14.1. The lowest BCUT2D eigenvalue weighted by Crippen LogP contribution is -2.47. The number of carbonyl (C=O) groups is 1. The molecule has 0 spiro atoms. The Bertz CT molecular complexity index is 1950. The van der Waals surface area contributed by atoms with Gasteiger partial charge in [0.25, 0.3) is 0 Å². The molecule has 2 aliphatic heterocycles. The van der Waals surface area contributed by atoms with Gasteiger partial charge < -0.3 is 24.4 Å². The fraction of sp³-hybridized carbons (Fsp3) is 0.429. The largest absolute Gasteiger partial charge is 0.444 e. The number of fused-ring (bicyclic) bond motifs is 1. The van der Waals surface area contributed by atoms with Crippen molar-refractivity contribution in [2.75, 3.05) is 35.5 Å². The first-order valence-electron chi connectivity index (χ1n) is 16.4. The van der Waals surface area contributed by atoms with Gasteiger partial charge in [0.15, 0.2) is 0 Å². The number of nitrogens with one attached hydrogen (secondary N) is 2. The second-order valence-electron chi connectivity index (χ2n) is 13.4. The minimum atomic E-state index is -3.90. The molecule has 12 nitrogen and oxygen atoms in total. The van der Waals surface area contributed by atoms with E-state index in [0.29, 0.717) is 59.8 Å². The Morgan fingerprint density at radius 2 is 1.88 bits per heavy atom. The topological polar surface area (TPSA) is 145 Å². The van der Waals surface area contributed by atoms with Crippen molar-refractivity contribution in [1.82, 2.24) is 19.9 Å². The summed E-state index contributed by atoms with van der Waals surface area (Å²) in [7, 11) is -3.90. The number of hydrogen-bond donors (Lipinski definition) is 2. The van der Waals surface area contributed by atoms with Crippen LogP contribution in [-0.2, 0) is 19.5 Å². The van der Waals surface area contributed by atoms with E-state index in [4.69, 9.17) is 19.2 Å². The minimum Gasteiger partial charge on any atom is -0.444 e. The van der Waals surface area contributed by atoms with Crippen LogP contribution in [-0.4, -0.2) is 77.6 Å². The highest BCUT2D eigenvalue weighted by Gasteiger charge is 2.29. The average Bonchev–Trinajstić information content (AvgIpc) is 3.55. The third-order valence-electron chi connectivity index (χ3n) is 8.29. The smallest absolute Gasteiger partial charge is 0.410 e. The molecule has 2 atom stereocenters. The lowest BCUT2D eigenvalue weighted by atomic mass is 10.0. The summed E-state index contributed by atoms with van der Waals surface area (Å²) < 4.78 is 61.1. The number of halogens is 1. The van der Waals surface area contributed by atoms with Crippen LogP contribution in [0.5, 0.6) is 11.6 Å². The third kappa shape index (κ3) is 8.36. The number of aryl methyl sites for hydroxylation is 1. The maximum absolute atomic E-state index is 15.2. The number of nitrogens with zero attached hydrogens (tertiary/aromatic N) is 4. The van der Waals surface area contributed by atoms with Gasteiger partial charge in [-0.2, -0.15) is 0 Å². The number of rotatable bonds is 9. The zero-order valence-electron chi connectivity index (χ0n) is 28.0. The van der Waals surface area contributed by atoms with Crippen molar-refractivity contribution in [2.45, 2.75) is 71.1 Å². The van der Waals surface area contributed by atoms with Crippen molar-refractivity contribution in [3.05, 3.63) is 66.2 Å². The van der Waals surface area contributed by atoms with Gasteiger partial charge in [-0.25, -0.2) is 32.6 Å². The summed E-state index contributed by atoms with van der Waals surface area (Å²) >= 11 is 0. The molecular weight excluding hydrogens is 651 g/mol. The Kier molecular flexibility index (Phi) is 9.89. The number of ether oxygens (including phenoxy) is 3. The predicted octanol–water partition coefficient (Wildman–Crippen LogP) is 6.66. The number of pyridine rings is 1. The van der Waals surface area contributed by atoms with Crippen molar-refractivity contribution in [2.24, 2.45) is 0 Å². The highest BCUT2D eigenvalue weighted by atomic mass is 32.2. The van der Waals surface area contributed by atoms with Crippen molar-refractivity contribution in [1.29, 1.82) is 0 Å². The minimum absolute atomic E-state index is 0.0721. The SMILES string of the molecule is Cc1ccc2c(NS(=O)(=O)C[C@H]3CCCO3)c(F)ccc2c1Oc1ncccc1-c1ccnc(NC2CCCN(C(=O)OC(C)(C)C)C2)n1. The molecule has 0 radical (unpaired) electrons. The number of likely N-dealkylation sites (tertiary alicyclic amines) is 1. The van der Waals surface area contributed by atoms with Gasteiger partial charge in [-0.1, -0.05) is 12.1 Å². The maximum atomic E-state index is 15.2. The van der Waals surface area contributed by atoms with Gasteiger partial charge in [0.1, 0.15) is 17.2 Å². The molecule has 0 aliphatic carbocycles. The molecule has 260 valence electrons. The molecule has 4 aromatic rings. The van der Waals surface area contributed by atoms with Gasteiger partial charge >= 0.3 is 6.09 Å². The van der Waals surface area contributed by atoms with Crippen molar-refractivity contribution >= 4 is 38.5 Å². The quantitative estimate of drug-likeness (QED) is 0.195. The van der Waals surface area contributed by atoms with E-state index >= 15 is 4.39 Å². The van der Waals surface area contributed by atoms with Crippen LogP contribution < -0.4 is 14.8 Å². The molecule has 2 aliphatic rings. The summed E-state index contributed by atoms with van der Waals surface area (Å²) in [6.45, 7) is 8.97. The van der Waals surface area contributed by atoms with E-state index in [1.54, 1.807) is 47.6 Å². The molecular formula is C35H41FN6O6S. The predicted molar refractivity (Wildman–Crippen MR) is 185 cm³/mol. The second-order valence-corrected chi connectivity index (χ2v) is 15.1. The molecule has 4 heterocycles. The van der Waals surface area contributed by atoms with Crippen LogP contribution in [0.4, 0.5) is 20.8 Å². The molecule has 1 unspecified atom stereocenters. The lowest BCUT2D eigenvalue weighted by Gasteiger charge is -2.34. The fourth-order valence-corrected chi connectivity index (χ4v) is 7.38. The number of hydrogen-bond acceptors (Lipinski definition) is 10. The Hall–Kier alpha value is -4.56. The first-order chi connectivity index (χ1) is 23.3. The number of sulfonamides is 1. The number of amides is 1. The Morgan fingerprint density at radius 1 is 1.06 bits per heavy atom. The molecule has 2 fully saturated rings. The lowest BCUT2D eigenvalue weighted by molar-refractivity contribution is 0.0206. The average molecular weight is 693 g/mol. The van der Waals surface area contributed by atoms with Crippen LogP contribution in [0, 0.1) is 12.7 Å². The highest BCUT2D eigenvalue weighted by molar-refractivity contribution is 7.92. The summed E-state index contributed by atoms with van der Waals surface area (Å²) in [6, 6.07) is 11.5. The van der Waals surface area contributed by atoms with Crippen molar-refractivity contribution < 1.29 is 31.8 Å². The van der Waals surface area contributed by atoms with Crippen molar-refractivity contribution in [3.63, 3.8) is 0 Å². The zero-order valence-corrected chi connectivity index (χ0v) is 28.8. The first kappa shape index (κ1) is 34.3. The van der Waals surface area contributed by atoms with E-state index in [2.05, 4.69) is 20.0 Å². The van der Waals surface area contributed by atoms with Crippen LogP contribution in [0.3, 0.4) is 0 Å². The molecule has 14 heteroatoms. The summed E-state index contributed by atoms with van der Waals surface area (Å²) in [4.78, 5) is 28.0. The number of anilines is 2. The van der Waals surface area contributed by atoms with Crippen molar-refractivity contribution in [3.8, 4) is 22.9 Å². The summed E-state index contributed by atoms with van der Waals surface area (Å²) in [5.74, 6) is 0.0775. The normalized spacial score (nSPS) is 18.3. The molecule has 2 N–H and O–H groups in total. The molecule has 0 bridgehead atoms. The van der Waals surface area contributed by atoms with E-state index in [1.807, 2.05) is 33.8 Å². The summed E-state index contributed by atoms with van der Waals surface area (Å²) in [6.07, 6.45) is 5.53. The third-order valence-corrected chi connectivity index (χ3v) is 9.62. The number of aromatic nitrogens is 3. The van der Waals surface area contributed by atoms with Crippen LogP contribution in [0.1, 0.15) is 52.0 Å². The Morgan fingerprint density at radius 3 is 2.65 bits per heavy atom. The van der Waals surface area contributed by atoms with E-state index in [1.165, 1.54) is 6.07 Å². The van der Waals surface area contributed by atoms with Gasteiger partial charge in [0.05, 0.1) is 28.8 Å². The van der Waals surface area contributed by atoms with Gasteiger partial charge in [-0.3, -0.25) is 4.72 Å².